The second kappa shape index (κ2) is 6.66. The lowest BCUT2D eigenvalue weighted by Crippen LogP contribution is -2.20. The van der Waals surface area contributed by atoms with Gasteiger partial charge < -0.3 is 15.3 Å². The minimum absolute atomic E-state index is 0.168. The summed E-state index contributed by atoms with van der Waals surface area (Å²) in [6.45, 7) is 3.06. The van der Waals surface area contributed by atoms with Crippen molar-refractivity contribution in [3.63, 3.8) is 0 Å². The quantitative estimate of drug-likeness (QED) is 0.697. The first-order valence-electron chi connectivity index (χ1n) is 6.28. The van der Waals surface area contributed by atoms with Crippen molar-refractivity contribution in [2.75, 3.05) is 12.0 Å². The van der Waals surface area contributed by atoms with Crippen LogP contribution in [0.1, 0.15) is 12.5 Å². The average molecular weight is 258 g/mol. The number of ether oxygens (including phenoxy) is 1. The zero-order valence-electron chi connectivity index (χ0n) is 10.9. The third-order valence-electron chi connectivity index (χ3n) is 2.62. The summed E-state index contributed by atoms with van der Waals surface area (Å²) in [4.78, 5) is 0. The third kappa shape index (κ3) is 3.89. The van der Waals surface area contributed by atoms with Crippen LogP contribution in [0, 0.1) is 0 Å². The molecule has 0 spiro atoms. The highest BCUT2D eigenvalue weighted by Gasteiger charge is 2.03. The number of phenolic OH excluding ortho intramolecular Hbond substituents is 1. The highest BCUT2D eigenvalue weighted by molar-refractivity contribution is 5.43. The van der Waals surface area contributed by atoms with Crippen LogP contribution >= 0.6 is 0 Å². The normalized spacial score (nSPS) is 10.2. The summed E-state index contributed by atoms with van der Waals surface area (Å²) < 4.78 is 5.34. The van der Waals surface area contributed by atoms with Gasteiger partial charge in [0, 0.05) is 12.2 Å². The van der Waals surface area contributed by atoms with Crippen LogP contribution in [0.4, 0.5) is 5.69 Å². The van der Waals surface area contributed by atoms with E-state index in [9.17, 15) is 5.11 Å². The van der Waals surface area contributed by atoms with Gasteiger partial charge in [-0.25, -0.2) is 5.43 Å². The molecule has 0 saturated carbocycles. The first-order chi connectivity index (χ1) is 9.29. The molecule has 0 radical (unpaired) electrons. The first-order valence-corrected chi connectivity index (χ1v) is 6.28. The number of hydrazine groups is 1. The Kier molecular flexibility index (Phi) is 4.64. The molecular weight excluding hydrogens is 240 g/mol. The molecule has 3 N–H and O–H groups in total. The van der Waals surface area contributed by atoms with Crippen molar-refractivity contribution in [2.24, 2.45) is 0 Å². The van der Waals surface area contributed by atoms with Gasteiger partial charge in [-0.15, -0.1) is 0 Å². The fraction of sp³-hybridized carbons (Fsp3) is 0.200. The van der Waals surface area contributed by atoms with E-state index in [0.29, 0.717) is 18.9 Å². The molecule has 2 rings (SSSR count). The van der Waals surface area contributed by atoms with E-state index in [2.05, 4.69) is 10.9 Å². The first kappa shape index (κ1) is 13.2. The molecule has 0 unspecified atom stereocenters. The summed E-state index contributed by atoms with van der Waals surface area (Å²) >= 11 is 0. The summed E-state index contributed by atoms with van der Waals surface area (Å²) in [6, 6.07) is 15.2. The van der Waals surface area contributed by atoms with Crippen LogP contribution in [0.15, 0.2) is 48.5 Å². The van der Waals surface area contributed by atoms with E-state index < -0.39 is 0 Å². The molecule has 0 fully saturated rings. The lowest BCUT2D eigenvalue weighted by molar-refractivity contribution is 0.317. The number of hydrogen-bond donors (Lipinski definition) is 3. The molecule has 0 heterocycles. The molecule has 0 atom stereocenters. The molecule has 0 saturated heterocycles. The van der Waals surface area contributed by atoms with Gasteiger partial charge in [0.15, 0.2) is 11.5 Å². The molecule has 2 aromatic carbocycles. The topological polar surface area (TPSA) is 53.5 Å². The summed E-state index contributed by atoms with van der Waals surface area (Å²) in [6.07, 6.45) is 0. The molecule has 2 aromatic rings. The Morgan fingerprint density at radius 3 is 2.63 bits per heavy atom. The number of anilines is 1. The monoisotopic (exact) mass is 258 g/mol. The summed E-state index contributed by atoms with van der Waals surface area (Å²) in [5.74, 6) is 0.683. The number of nitrogens with one attached hydrogen (secondary N) is 2. The van der Waals surface area contributed by atoms with Gasteiger partial charge in [-0.2, -0.15) is 0 Å². The van der Waals surface area contributed by atoms with Crippen LogP contribution in [0.3, 0.4) is 0 Å². The largest absolute Gasteiger partial charge is 0.504 e. The van der Waals surface area contributed by atoms with Gasteiger partial charge in [-0.1, -0.05) is 24.3 Å². The van der Waals surface area contributed by atoms with Crippen LogP contribution in [-0.4, -0.2) is 11.7 Å². The summed E-state index contributed by atoms with van der Waals surface area (Å²) in [5.41, 5.74) is 8.26. The highest BCUT2D eigenvalue weighted by atomic mass is 16.5. The summed E-state index contributed by atoms with van der Waals surface area (Å²) in [7, 11) is 0. The van der Waals surface area contributed by atoms with Gasteiger partial charge in [0.2, 0.25) is 0 Å². The molecule has 4 heteroatoms. The zero-order chi connectivity index (χ0) is 13.5. The van der Waals surface area contributed by atoms with Crippen molar-refractivity contribution >= 4 is 5.69 Å². The third-order valence-corrected chi connectivity index (χ3v) is 2.62. The Morgan fingerprint density at radius 2 is 1.89 bits per heavy atom. The van der Waals surface area contributed by atoms with Crippen molar-refractivity contribution in [2.45, 2.75) is 13.5 Å². The second-order valence-electron chi connectivity index (χ2n) is 4.08. The minimum atomic E-state index is 0.168. The fourth-order valence-corrected chi connectivity index (χ4v) is 1.71. The van der Waals surface area contributed by atoms with Gasteiger partial charge in [0.25, 0.3) is 0 Å². The Labute approximate surface area is 113 Å². The molecule has 0 aliphatic rings. The van der Waals surface area contributed by atoms with E-state index in [1.54, 1.807) is 6.07 Å². The summed E-state index contributed by atoms with van der Waals surface area (Å²) in [5, 5.41) is 9.61. The van der Waals surface area contributed by atoms with Gasteiger partial charge in [0.1, 0.15) is 0 Å². The fourth-order valence-electron chi connectivity index (χ4n) is 1.71. The second-order valence-corrected chi connectivity index (χ2v) is 4.08. The van der Waals surface area contributed by atoms with Crippen molar-refractivity contribution in [3.8, 4) is 11.5 Å². The highest BCUT2D eigenvalue weighted by Crippen LogP contribution is 2.26. The molecule has 0 bridgehead atoms. The maximum absolute atomic E-state index is 9.61. The van der Waals surface area contributed by atoms with Gasteiger partial charge >= 0.3 is 0 Å². The van der Waals surface area contributed by atoms with E-state index in [1.807, 2.05) is 49.4 Å². The van der Waals surface area contributed by atoms with Gasteiger partial charge in [0.05, 0.1) is 6.61 Å². The van der Waals surface area contributed by atoms with Gasteiger partial charge in [-0.05, 0) is 36.8 Å². The van der Waals surface area contributed by atoms with E-state index in [4.69, 9.17) is 4.74 Å². The number of benzene rings is 2. The Balaban J connectivity index is 1.91. The number of rotatable bonds is 6. The van der Waals surface area contributed by atoms with Crippen molar-refractivity contribution in [1.82, 2.24) is 5.43 Å². The predicted molar refractivity (Wildman–Crippen MR) is 76.2 cm³/mol. The smallest absolute Gasteiger partial charge is 0.161 e. The standard InChI is InChI=1S/C15H18N2O2/c1-2-19-15-10-12(8-9-14(15)18)11-16-17-13-6-4-3-5-7-13/h3-10,16-18H,2,11H2,1H3. The van der Waals surface area contributed by atoms with Crippen LogP contribution in [0.2, 0.25) is 0 Å². The Bertz CT molecular complexity index is 515. The molecule has 0 amide bonds. The van der Waals surface area contributed by atoms with E-state index >= 15 is 0 Å². The van der Waals surface area contributed by atoms with Crippen LogP contribution in [0.5, 0.6) is 11.5 Å². The van der Waals surface area contributed by atoms with Crippen molar-refractivity contribution in [1.29, 1.82) is 0 Å². The molecule has 4 nitrogen and oxygen atoms in total. The minimum Gasteiger partial charge on any atom is -0.504 e. The molecule has 19 heavy (non-hydrogen) atoms. The van der Waals surface area contributed by atoms with E-state index in [1.165, 1.54) is 0 Å². The van der Waals surface area contributed by atoms with Crippen LogP contribution in [-0.2, 0) is 6.54 Å². The molecule has 0 aliphatic heterocycles. The number of aromatic hydroxyl groups is 1. The van der Waals surface area contributed by atoms with Crippen LogP contribution < -0.4 is 15.6 Å². The Morgan fingerprint density at radius 1 is 1.11 bits per heavy atom. The predicted octanol–water partition coefficient (Wildman–Crippen LogP) is 2.91. The van der Waals surface area contributed by atoms with Crippen molar-refractivity contribution in [3.05, 3.63) is 54.1 Å². The maximum atomic E-state index is 9.61. The van der Waals surface area contributed by atoms with E-state index in [-0.39, 0.29) is 5.75 Å². The number of hydrogen-bond acceptors (Lipinski definition) is 4. The van der Waals surface area contributed by atoms with Gasteiger partial charge in [-0.3, -0.25) is 0 Å². The molecule has 0 aliphatic carbocycles. The van der Waals surface area contributed by atoms with Crippen LogP contribution in [0.25, 0.3) is 0 Å². The lowest BCUT2D eigenvalue weighted by atomic mass is 10.2. The van der Waals surface area contributed by atoms with E-state index in [0.717, 1.165) is 11.3 Å². The lowest BCUT2D eigenvalue weighted by Gasteiger charge is -2.10. The Hall–Kier alpha value is -2.20. The average Bonchev–Trinajstić information content (AvgIpc) is 2.44. The number of para-hydroxylation sites is 1. The molecular formula is C15H18N2O2. The SMILES string of the molecule is CCOc1cc(CNNc2ccccc2)ccc1O. The molecule has 100 valence electrons. The number of phenols is 1. The maximum Gasteiger partial charge on any atom is 0.161 e. The van der Waals surface area contributed by atoms with Crippen molar-refractivity contribution < 1.29 is 9.84 Å². The zero-order valence-corrected chi connectivity index (χ0v) is 10.9. The molecule has 0 aromatic heterocycles.